The van der Waals surface area contributed by atoms with E-state index in [9.17, 15) is 0 Å². The lowest BCUT2D eigenvalue weighted by atomic mass is 10.1. The van der Waals surface area contributed by atoms with Crippen LogP contribution in [0.5, 0.6) is 0 Å². The molecule has 3 unspecified atom stereocenters. The van der Waals surface area contributed by atoms with E-state index in [-0.39, 0.29) is 0 Å². The highest BCUT2D eigenvalue weighted by Crippen LogP contribution is 2.26. The first kappa shape index (κ1) is 10.8. The predicted octanol–water partition coefficient (Wildman–Crippen LogP) is 1.55. The summed E-state index contributed by atoms with van der Waals surface area (Å²) in [5.41, 5.74) is 5.93. The maximum Gasteiger partial charge on any atom is 0.0147 e. The highest BCUT2D eigenvalue weighted by atomic mass is 32.2. The third-order valence-corrected chi connectivity index (χ3v) is 4.56. The summed E-state index contributed by atoms with van der Waals surface area (Å²) in [6, 6.07) is 0.497. The topological polar surface area (TPSA) is 29.3 Å². The first-order valence-electron chi connectivity index (χ1n) is 5.83. The van der Waals surface area contributed by atoms with Crippen LogP contribution in [0.1, 0.15) is 26.2 Å². The summed E-state index contributed by atoms with van der Waals surface area (Å²) in [6.45, 7) is 6.23. The molecule has 1 heterocycles. The normalized spacial score (nSPS) is 40.3. The van der Waals surface area contributed by atoms with Gasteiger partial charge in [-0.1, -0.05) is 6.92 Å². The minimum Gasteiger partial charge on any atom is -0.328 e. The van der Waals surface area contributed by atoms with Crippen molar-refractivity contribution < 1.29 is 0 Å². The Kier molecular flexibility index (Phi) is 3.74. The molecule has 1 saturated heterocycles. The van der Waals surface area contributed by atoms with Gasteiger partial charge in [-0.05, 0) is 25.2 Å². The third-order valence-electron chi connectivity index (χ3n) is 3.42. The lowest BCUT2D eigenvalue weighted by molar-refractivity contribution is 0.240. The Labute approximate surface area is 91.6 Å². The summed E-state index contributed by atoms with van der Waals surface area (Å²) in [7, 11) is 0. The molecule has 0 bridgehead atoms. The molecule has 0 aromatic rings. The Morgan fingerprint density at radius 2 is 2.29 bits per heavy atom. The lowest BCUT2D eigenvalue weighted by Crippen LogP contribution is -2.39. The van der Waals surface area contributed by atoms with Crippen molar-refractivity contribution in [3.63, 3.8) is 0 Å². The second-order valence-electron chi connectivity index (χ2n) is 4.88. The van der Waals surface area contributed by atoms with E-state index in [1.54, 1.807) is 0 Å². The van der Waals surface area contributed by atoms with Gasteiger partial charge >= 0.3 is 0 Å². The second kappa shape index (κ2) is 4.86. The van der Waals surface area contributed by atoms with E-state index in [2.05, 4.69) is 23.6 Å². The molecule has 0 radical (unpaired) electrons. The van der Waals surface area contributed by atoms with Crippen molar-refractivity contribution in [2.45, 2.75) is 37.5 Å². The van der Waals surface area contributed by atoms with Crippen LogP contribution in [-0.2, 0) is 0 Å². The van der Waals surface area contributed by atoms with Crippen molar-refractivity contribution in [1.29, 1.82) is 0 Å². The number of hydrogen-bond donors (Lipinski definition) is 1. The van der Waals surface area contributed by atoms with Crippen molar-refractivity contribution in [2.24, 2.45) is 11.7 Å². The molecule has 0 aromatic heterocycles. The van der Waals surface area contributed by atoms with Crippen LogP contribution in [-0.4, -0.2) is 41.6 Å². The van der Waals surface area contributed by atoms with Crippen molar-refractivity contribution in [3.05, 3.63) is 0 Å². The van der Waals surface area contributed by atoms with Crippen LogP contribution < -0.4 is 5.73 Å². The fourth-order valence-corrected chi connectivity index (χ4v) is 3.78. The van der Waals surface area contributed by atoms with Crippen molar-refractivity contribution in [3.8, 4) is 0 Å². The Morgan fingerprint density at radius 3 is 2.93 bits per heavy atom. The highest BCUT2D eigenvalue weighted by Gasteiger charge is 2.25. The van der Waals surface area contributed by atoms with E-state index in [0.717, 1.165) is 11.2 Å². The van der Waals surface area contributed by atoms with E-state index in [1.165, 1.54) is 44.6 Å². The van der Waals surface area contributed by atoms with E-state index in [4.69, 9.17) is 5.73 Å². The molecule has 1 saturated carbocycles. The van der Waals surface area contributed by atoms with E-state index in [0.29, 0.717) is 6.04 Å². The molecule has 0 aromatic carbocycles. The smallest absolute Gasteiger partial charge is 0.0147 e. The molecule has 14 heavy (non-hydrogen) atoms. The largest absolute Gasteiger partial charge is 0.328 e. The van der Waals surface area contributed by atoms with Gasteiger partial charge in [0.2, 0.25) is 0 Å². The molecule has 0 spiro atoms. The number of nitrogens with two attached hydrogens (primary N) is 1. The summed E-state index contributed by atoms with van der Waals surface area (Å²) >= 11 is 2.11. The zero-order valence-corrected chi connectivity index (χ0v) is 9.93. The first-order chi connectivity index (χ1) is 6.74. The number of hydrogen-bond acceptors (Lipinski definition) is 3. The van der Waals surface area contributed by atoms with Gasteiger partial charge in [-0.3, -0.25) is 0 Å². The van der Waals surface area contributed by atoms with E-state index >= 15 is 0 Å². The molecule has 2 fully saturated rings. The lowest BCUT2D eigenvalue weighted by Gasteiger charge is -2.32. The van der Waals surface area contributed by atoms with Crippen LogP contribution in [0.15, 0.2) is 0 Å². The van der Waals surface area contributed by atoms with Crippen molar-refractivity contribution in [2.75, 3.05) is 25.4 Å². The number of nitrogens with zero attached hydrogens (tertiary/aromatic N) is 1. The fraction of sp³-hybridized carbons (Fsp3) is 1.00. The summed E-state index contributed by atoms with van der Waals surface area (Å²) < 4.78 is 0. The Hall–Kier alpha value is 0.270. The van der Waals surface area contributed by atoms with Crippen LogP contribution in [0.25, 0.3) is 0 Å². The van der Waals surface area contributed by atoms with Gasteiger partial charge in [-0.15, -0.1) is 0 Å². The maximum absolute atomic E-state index is 5.93. The van der Waals surface area contributed by atoms with Gasteiger partial charge in [0.05, 0.1) is 0 Å². The molecule has 3 atom stereocenters. The molecular formula is C11H22N2S. The average molecular weight is 214 g/mol. The van der Waals surface area contributed by atoms with Gasteiger partial charge in [0.1, 0.15) is 0 Å². The van der Waals surface area contributed by atoms with E-state index < -0.39 is 0 Å². The van der Waals surface area contributed by atoms with Crippen LogP contribution in [0.2, 0.25) is 0 Å². The minimum absolute atomic E-state index is 0.497. The fourth-order valence-electron chi connectivity index (χ4n) is 2.70. The highest BCUT2D eigenvalue weighted by molar-refractivity contribution is 7.99. The molecule has 82 valence electrons. The van der Waals surface area contributed by atoms with Gasteiger partial charge in [0.25, 0.3) is 0 Å². The third kappa shape index (κ3) is 2.88. The van der Waals surface area contributed by atoms with Gasteiger partial charge in [-0.2, -0.15) is 11.8 Å². The quantitative estimate of drug-likeness (QED) is 0.756. The zero-order valence-electron chi connectivity index (χ0n) is 9.11. The van der Waals surface area contributed by atoms with Crippen molar-refractivity contribution in [1.82, 2.24) is 4.90 Å². The van der Waals surface area contributed by atoms with Gasteiger partial charge in [-0.25, -0.2) is 0 Å². The summed E-state index contributed by atoms with van der Waals surface area (Å²) in [5, 5.41) is 0.832. The molecule has 3 heteroatoms. The number of rotatable bonds is 2. The molecule has 1 aliphatic heterocycles. The van der Waals surface area contributed by atoms with Crippen LogP contribution in [0, 0.1) is 5.92 Å². The van der Waals surface area contributed by atoms with Crippen LogP contribution in [0.4, 0.5) is 0 Å². The van der Waals surface area contributed by atoms with Crippen molar-refractivity contribution >= 4 is 11.8 Å². The maximum atomic E-state index is 5.93. The molecule has 2 aliphatic rings. The van der Waals surface area contributed by atoms with Gasteiger partial charge in [0.15, 0.2) is 0 Å². The summed E-state index contributed by atoms with van der Waals surface area (Å²) in [4.78, 5) is 2.64. The molecule has 0 amide bonds. The Balaban J connectivity index is 1.74. The first-order valence-corrected chi connectivity index (χ1v) is 6.88. The Bertz CT molecular complexity index is 186. The van der Waals surface area contributed by atoms with E-state index in [1.807, 2.05) is 0 Å². The molecule has 2 N–H and O–H groups in total. The molecule has 2 rings (SSSR count). The minimum atomic E-state index is 0.497. The molecule has 1 aliphatic carbocycles. The van der Waals surface area contributed by atoms with Gasteiger partial charge in [0, 0.05) is 36.7 Å². The standard InChI is InChI=1S/C11H22N2S/c1-9-7-13(4-5-14-9)8-10-2-3-11(12)6-10/h9-11H,2-8,12H2,1H3. The van der Waals surface area contributed by atoms with Crippen LogP contribution in [0.3, 0.4) is 0 Å². The summed E-state index contributed by atoms with van der Waals surface area (Å²) in [5.74, 6) is 2.21. The second-order valence-corrected chi connectivity index (χ2v) is 6.43. The number of thioether (sulfide) groups is 1. The van der Waals surface area contributed by atoms with Crippen LogP contribution >= 0.6 is 11.8 Å². The zero-order chi connectivity index (χ0) is 9.97. The SMILES string of the molecule is CC1CN(CC2CCC(N)C2)CCS1. The molecule has 2 nitrogen and oxygen atoms in total. The predicted molar refractivity (Wildman–Crippen MR) is 63.7 cm³/mol. The van der Waals surface area contributed by atoms with Gasteiger partial charge < -0.3 is 10.6 Å². The summed E-state index contributed by atoms with van der Waals surface area (Å²) in [6.07, 6.45) is 3.88. The monoisotopic (exact) mass is 214 g/mol. The average Bonchev–Trinajstić information content (AvgIpc) is 2.51. The molecular weight excluding hydrogens is 192 g/mol. The Morgan fingerprint density at radius 1 is 1.43 bits per heavy atom.